The van der Waals surface area contributed by atoms with E-state index in [1.165, 1.54) is 12.8 Å². The predicted octanol–water partition coefficient (Wildman–Crippen LogP) is 2.30. The molecule has 4 nitrogen and oxygen atoms in total. The Bertz CT molecular complexity index is 340. The Balaban J connectivity index is 1.68. The van der Waals surface area contributed by atoms with Gasteiger partial charge in [0.2, 0.25) is 5.91 Å². The molecule has 1 amide bonds. The predicted molar refractivity (Wildman–Crippen MR) is 91.9 cm³/mol. The highest BCUT2D eigenvalue weighted by Crippen LogP contribution is 2.23. The van der Waals surface area contributed by atoms with E-state index in [2.05, 4.69) is 42.4 Å². The molecule has 0 aliphatic carbocycles. The number of carbonyl (C=O) groups excluding carboxylic acids is 1. The fourth-order valence-electron chi connectivity index (χ4n) is 3.75. The van der Waals surface area contributed by atoms with Gasteiger partial charge in [0, 0.05) is 45.2 Å². The van der Waals surface area contributed by atoms with E-state index in [0.29, 0.717) is 23.8 Å². The molecule has 2 aliphatic heterocycles. The molecule has 2 heterocycles. The standard InChI is InChI=1S/C18H35N3O/c1-15(2)14-19-9-11-21(12-10-19)18(22)13-17-5-7-20(8-6-17)16(3)4/h15-17H,5-14H2,1-4H3. The topological polar surface area (TPSA) is 26.8 Å². The summed E-state index contributed by atoms with van der Waals surface area (Å²) in [6.07, 6.45) is 3.16. The summed E-state index contributed by atoms with van der Waals surface area (Å²) in [7, 11) is 0. The van der Waals surface area contributed by atoms with Gasteiger partial charge in [0.1, 0.15) is 0 Å². The van der Waals surface area contributed by atoms with Crippen molar-refractivity contribution < 1.29 is 4.79 Å². The highest BCUT2D eigenvalue weighted by molar-refractivity contribution is 5.76. The Labute approximate surface area is 136 Å². The highest BCUT2D eigenvalue weighted by Gasteiger charge is 2.26. The molecule has 0 spiro atoms. The maximum absolute atomic E-state index is 12.5. The van der Waals surface area contributed by atoms with E-state index in [0.717, 1.165) is 52.2 Å². The van der Waals surface area contributed by atoms with E-state index in [1.54, 1.807) is 0 Å². The average Bonchev–Trinajstić information content (AvgIpc) is 2.48. The number of hydrogen-bond acceptors (Lipinski definition) is 3. The van der Waals surface area contributed by atoms with Crippen LogP contribution in [0.4, 0.5) is 0 Å². The molecule has 2 fully saturated rings. The van der Waals surface area contributed by atoms with Gasteiger partial charge in [-0.2, -0.15) is 0 Å². The highest BCUT2D eigenvalue weighted by atomic mass is 16.2. The zero-order chi connectivity index (χ0) is 16.1. The minimum Gasteiger partial charge on any atom is -0.340 e. The second-order valence-corrected chi connectivity index (χ2v) is 7.85. The summed E-state index contributed by atoms with van der Waals surface area (Å²) >= 11 is 0. The van der Waals surface area contributed by atoms with Gasteiger partial charge in [-0.3, -0.25) is 9.69 Å². The van der Waals surface area contributed by atoms with Crippen LogP contribution in [0.1, 0.15) is 47.0 Å². The molecule has 0 saturated carbocycles. The Morgan fingerprint density at radius 3 is 2.05 bits per heavy atom. The van der Waals surface area contributed by atoms with Crippen LogP contribution < -0.4 is 0 Å². The molecule has 22 heavy (non-hydrogen) atoms. The molecule has 0 N–H and O–H groups in total. The Hall–Kier alpha value is -0.610. The lowest BCUT2D eigenvalue weighted by atomic mass is 9.92. The maximum Gasteiger partial charge on any atom is 0.222 e. The first kappa shape index (κ1) is 17.7. The lowest BCUT2D eigenvalue weighted by Crippen LogP contribution is -2.50. The number of rotatable bonds is 5. The number of likely N-dealkylation sites (tertiary alicyclic amines) is 1. The van der Waals surface area contributed by atoms with Crippen LogP contribution in [-0.4, -0.2) is 72.5 Å². The van der Waals surface area contributed by atoms with Gasteiger partial charge in [-0.05, 0) is 51.6 Å². The van der Waals surface area contributed by atoms with Crippen molar-refractivity contribution in [3.8, 4) is 0 Å². The number of piperidine rings is 1. The lowest BCUT2D eigenvalue weighted by Gasteiger charge is -2.38. The van der Waals surface area contributed by atoms with E-state index < -0.39 is 0 Å². The van der Waals surface area contributed by atoms with Gasteiger partial charge in [-0.1, -0.05) is 13.8 Å². The molecule has 0 aromatic carbocycles. The molecule has 2 saturated heterocycles. The quantitative estimate of drug-likeness (QED) is 0.780. The van der Waals surface area contributed by atoms with Crippen molar-refractivity contribution in [1.29, 1.82) is 0 Å². The van der Waals surface area contributed by atoms with Crippen molar-refractivity contribution in [1.82, 2.24) is 14.7 Å². The zero-order valence-electron chi connectivity index (χ0n) is 15.1. The number of amides is 1. The average molecular weight is 309 g/mol. The fourth-order valence-corrected chi connectivity index (χ4v) is 3.75. The summed E-state index contributed by atoms with van der Waals surface area (Å²) in [6, 6.07) is 0.644. The van der Waals surface area contributed by atoms with E-state index in [1.807, 2.05) is 0 Å². The first-order valence-electron chi connectivity index (χ1n) is 9.20. The van der Waals surface area contributed by atoms with E-state index in [9.17, 15) is 4.79 Å². The largest absolute Gasteiger partial charge is 0.340 e. The Morgan fingerprint density at radius 1 is 0.955 bits per heavy atom. The molecule has 0 radical (unpaired) electrons. The Kier molecular flexibility index (Phi) is 6.69. The minimum atomic E-state index is 0.396. The molecular weight excluding hydrogens is 274 g/mol. The van der Waals surface area contributed by atoms with Crippen LogP contribution in [-0.2, 0) is 4.79 Å². The molecule has 0 aromatic heterocycles. The van der Waals surface area contributed by atoms with Crippen LogP contribution in [0.15, 0.2) is 0 Å². The summed E-state index contributed by atoms with van der Waals surface area (Å²) in [5, 5.41) is 0. The summed E-state index contributed by atoms with van der Waals surface area (Å²) < 4.78 is 0. The molecule has 0 bridgehead atoms. The van der Waals surface area contributed by atoms with Crippen LogP contribution in [0, 0.1) is 11.8 Å². The van der Waals surface area contributed by atoms with Crippen molar-refractivity contribution in [3.63, 3.8) is 0 Å². The third kappa shape index (κ3) is 5.24. The second-order valence-electron chi connectivity index (χ2n) is 7.85. The molecule has 0 aromatic rings. The van der Waals surface area contributed by atoms with Gasteiger partial charge in [0.25, 0.3) is 0 Å². The second kappa shape index (κ2) is 8.30. The summed E-state index contributed by atoms with van der Waals surface area (Å²) in [5.41, 5.74) is 0. The summed E-state index contributed by atoms with van der Waals surface area (Å²) in [5.74, 6) is 1.72. The molecule has 2 aliphatic rings. The van der Waals surface area contributed by atoms with Gasteiger partial charge < -0.3 is 9.80 Å². The van der Waals surface area contributed by atoms with E-state index >= 15 is 0 Å². The van der Waals surface area contributed by atoms with Gasteiger partial charge in [0.05, 0.1) is 0 Å². The number of hydrogen-bond donors (Lipinski definition) is 0. The number of carbonyl (C=O) groups is 1. The van der Waals surface area contributed by atoms with Gasteiger partial charge in [-0.25, -0.2) is 0 Å². The fraction of sp³-hybridized carbons (Fsp3) is 0.944. The van der Waals surface area contributed by atoms with E-state index in [4.69, 9.17) is 0 Å². The third-order valence-corrected chi connectivity index (χ3v) is 5.19. The molecular formula is C18H35N3O. The van der Waals surface area contributed by atoms with Crippen LogP contribution in [0.25, 0.3) is 0 Å². The SMILES string of the molecule is CC(C)CN1CCN(C(=O)CC2CCN(C(C)C)CC2)CC1. The van der Waals surface area contributed by atoms with E-state index in [-0.39, 0.29) is 0 Å². The van der Waals surface area contributed by atoms with Crippen molar-refractivity contribution >= 4 is 5.91 Å². The van der Waals surface area contributed by atoms with Crippen LogP contribution in [0.2, 0.25) is 0 Å². The molecule has 0 atom stereocenters. The first-order valence-corrected chi connectivity index (χ1v) is 9.20. The third-order valence-electron chi connectivity index (χ3n) is 5.19. The smallest absolute Gasteiger partial charge is 0.222 e. The van der Waals surface area contributed by atoms with Crippen LogP contribution in [0.5, 0.6) is 0 Å². The number of nitrogens with zero attached hydrogens (tertiary/aromatic N) is 3. The van der Waals surface area contributed by atoms with Gasteiger partial charge in [-0.15, -0.1) is 0 Å². The molecule has 4 heteroatoms. The minimum absolute atomic E-state index is 0.396. The Morgan fingerprint density at radius 2 is 1.55 bits per heavy atom. The summed E-state index contributed by atoms with van der Waals surface area (Å²) in [6.45, 7) is 16.5. The van der Waals surface area contributed by atoms with Crippen molar-refractivity contribution in [2.75, 3.05) is 45.8 Å². The van der Waals surface area contributed by atoms with Crippen molar-refractivity contribution in [2.24, 2.45) is 11.8 Å². The maximum atomic E-state index is 12.5. The molecule has 0 unspecified atom stereocenters. The zero-order valence-corrected chi connectivity index (χ0v) is 15.1. The van der Waals surface area contributed by atoms with Gasteiger partial charge in [0.15, 0.2) is 0 Å². The number of piperazine rings is 1. The monoisotopic (exact) mass is 309 g/mol. The van der Waals surface area contributed by atoms with Crippen LogP contribution >= 0.6 is 0 Å². The van der Waals surface area contributed by atoms with Crippen LogP contribution in [0.3, 0.4) is 0 Å². The van der Waals surface area contributed by atoms with Crippen molar-refractivity contribution in [2.45, 2.75) is 53.0 Å². The normalized spacial score (nSPS) is 22.7. The first-order chi connectivity index (χ1) is 10.5. The molecule has 2 rings (SSSR count). The van der Waals surface area contributed by atoms with Gasteiger partial charge >= 0.3 is 0 Å². The van der Waals surface area contributed by atoms with Crippen molar-refractivity contribution in [3.05, 3.63) is 0 Å². The molecule has 128 valence electrons. The summed E-state index contributed by atoms with van der Waals surface area (Å²) in [4.78, 5) is 19.6. The lowest BCUT2D eigenvalue weighted by molar-refractivity contribution is -0.134.